The minimum Gasteiger partial charge on any atom is -0.497 e. The van der Waals surface area contributed by atoms with Crippen molar-refractivity contribution < 1.29 is 24.2 Å². The average molecular weight is 333 g/mol. The number of methoxy groups -OCH3 is 2. The molecule has 0 aliphatic heterocycles. The van der Waals surface area contributed by atoms with Crippen molar-refractivity contribution >= 4 is 11.9 Å². The average Bonchev–Trinajstić information content (AvgIpc) is 3.01. The van der Waals surface area contributed by atoms with Crippen LogP contribution < -0.4 is 14.8 Å². The summed E-state index contributed by atoms with van der Waals surface area (Å²) in [6.45, 7) is 1.42. The third kappa shape index (κ3) is 3.83. The number of amides is 1. The summed E-state index contributed by atoms with van der Waals surface area (Å²) < 4.78 is 11.6. The Bertz CT molecular complexity index is 741. The van der Waals surface area contributed by atoms with Crippen molar-refractivity contribution in [2.24, 2.45) is 0 Å². The van der Waals surface area contributed by atoms with Gasteiger partial charge in [-0.2, -0.15) is 5.10 Å². The predicted molar refractivity (Wildman–Crippen MR) is 85.3 cm³/mol. The Morgan fingerprint density at radius 3 is 2.67 bits per heavy atom. The highest BCUT2D eigenvalue weighted by Crippen LogP contribution is 2.29. The Morgan fingerprint density at radius 1 is 1.29 bits per heavy atom. The fourth-order valence-corrected chi connectivity index (χ4v) is 2.31. The van der Waals surface area contributed by atoms with E-state index in [0.29, 0.717) is 11.5 Å². The number of hydrogen-bond acceptors (Lipinski definition) is 5. The highest BCUT2D eigenvalue weighted by molar-refractivity contribution is 5.93. The third-order valence-corrected chi connectivity index (χ3v) is 3.49. The minimum absolute atomic E-state index is 0.172. The van der Waals surface area contributed by atoms with Gasteiger partial charge in [-0.15, -0.1) is 0 Å². The van der Waals surface area contributed by atoms with Gasteiger partial charge < -0.3 is 19.9 Å². The summed E-state index contributed by atoms with van der Waals surface area (Å²) in [5.74, 6) is -0.244. The first-order valence-corrected chi connectivity index (χ1v) is 7.22. The molecule has 0 spiro atoms. The highest BCUT2D eigenvalue weighted by atomic mass is 16.5. The summed E-state index contributed by atoms with van der Waals surface area (Å²) in [5, 5.41) is 15.5. The number of carbonyl (C=O) groups excluding carboxylic acids is 1. The van der Waals surface area contributed by atoms with Crippen LogP contribution in [0.1, 0.15) is 29.0 Å². The van der Waals surface area contributed by atoms with Gasteiger partial charge in [0.1, 0.15) is 23.7 Å². The van der Waals surface area contributed by atoms with E-state index in [1.807, 2.05) is 0 Å². The van der Waals surface area contributed by atoms with E-state index in [1.54, 1.807) is 39.3 Å². The summed E-state index contributed by atoms with van der Waals surface area (Å²) in [5.41, 5.74) is 0.917. The topological polar surface area (TPSA) is 103 Å². The van der Waals surface area contributed by atoms with Gasteiger partial charge in [0.25, 0.3) is 5.91 Å². The van der Waals surface area contributed by atoms with Crippen LogP contribution in [0.25, 0.3) is 0 Å². The Kier molecular flexibility index (Phi) is 5.41. The molecule has 8 heteroatoms. The number of nitrogens with one attached hydrogen (secondary N) is 1. The zero-order valence-corrected chi connectivity index (χ0v) is 13.6. The molecule has 1 atom stereocenters. The molecule has 2 N–H and O–H groups in total. The first-order valence-electron chi connectivity index (χ1n) is 7.22. The van der Waals surface area contributed by atoms with Gasteiger partial charge in [-0.25, -0.2) is 4.68 Å². The second-order valence-electron chi connectivity index (χ2n) is 5.07. The van der Waals surface area contributed by atoms with Gasteiger partial charge in [0, 0.05) is 11.8 Å². The predicted octanol–water partition coefficient (Wildman–Crippen LogP) is 1.48. The molecule has 128 valence electrons. The number of benzene rings is 1. The van der Waals surface area contributed by atoms with Crippen molar-refractivity contribution in [3.8, 4) is 11.5 Å². The molecule has 1 unspecified atom stereocenters. The summed E-state index contributed by atoms with van der Waals surface area (Å²) in [6, 6.07) is 6.38. The van der Waals surface area contributed by atoms with Gasteiger partial charge >= 0.3 is 5.97 Å². The molecule has 8 nitrogen and oxygen atoms in total. The first kappa shape index (κ1) is 17.3. The molecular formula is C16H19N3O5. The number of carboxylic acids is 1. The number of carbonyl (C=O) groups is 2. The lowest BCUT2D eigenvalue weighted by molar-refractivity contribution is -0.137. The molecule has 0 bridgehead atoms. The van der Waals surface area contributed by atoms with Gasteiger partial charge in [0.2, 0.25) is 0 Å². The lowest BCUT2D eigenvalue weighted by Gasteiger charge is -2.18. The third-order valence-electron chi connectivity index (χ3n) is 3.49. The quantitative estimate of drug-likeness (QED) is 0.795. The molecule has 2 aromatic rings. The van der Waals surface area contributed by atoms with Crippen molar-refractivity contribution in [3.05, 3.63) is 41.7 Å². The fraction of sp³-hybridized carbons (Fsp3) is 0.312. The molecule has 2 rings (SSSR count). The minimum atomic E-state index is -1.07. The molecule has 0 fully saturated rings. The lowest BCUT2D eigenvalue weighted by Crippen LogP contribution is -2.30. The van der Waals surface area contributed by atoms with Crippen LogP contribution in [-0.4, -0.2) is 41.0 Å². The number of ether oxygens (including phenoxy) is 2. The van der Waals surface area contributed by atoms with Crippen molar-refractivity contribution in [3.63, 3.8) is 0 Å². The van der Waals surface area contributed by atoms with Gasteiger partial charge in [-0.1, -0.05) is 0 Å². The molecule has 1 heterocycles. The maximum absolute atomic E-state index is 12.4. The van der Waals surface area contributed by atoms with Gasteiger partial charge in [-0.3, -0.25) is 9.59 Å². The van der Waals surface area contributed by atoms with Gasteiger partial charge in [0.15, 0.2) is 0 Å². The van der Waals surface area contributed by atoms with Crippen LogP contribution in [0.15, 0.2) is 30.5 Å². The second-order valence-corrected chi connectivity index (χ2v) is 5.07. The van der Waals surface area contributed by atoms with Crippen LogP contribution in [-0.2, 0) is 11.3 Å². The van der Waals surface area contributed by atoms with Gasteiger partial charge in [0.05, 0.1) is 20.3 Å². The van der Waals surface area contributed by atoms with E-state index in [2.05, 4.69) is 10.4 Å². The smallest absolute Gasteiger partial charge is 0.325 e. The number of aliphatic carboxylic acids is 1. The summed E-state index contributed by atoms with van der Waals surface area (Å²) in [7, 11) is 3.10. The van der Waals surface area contributed by atoms with Crippen LogP contribution >= 0.6 is 0 Å². The van der Waals surface area contributed by atoms with Crippen molar-refractivity contribution in [1.82, 2.24) is 15.1 Å². The summed E-state index contributed by atoms with van der Waals surface area (Å²) in [6.07, 6.45) is 1.38. The monoisotopic (exact) mass is 333 g/mol. The molecule has 0 aliphatic rings. The zero-order chi connectivity index (χ0) is 17.7. The maximum Gasteiger partial charge on any atom is 0.325 e. The largest absolute Gasteiger partial charge is 0.497 e. The SMILES string of the molecule is COc1ccc(OC)c(C(C)NC(=O)c2ccnn2CC(=O)O)c1. The van der Waals surface area contributed by atoms with E-state index >= 15 is 0 Å². The van der Waals surface area contributed by atoms with Crippen LogP contribution in [0.4, 0.5) is 0 Å². The van der Waals surface area contributed by atoms with Crippen LogP contribution in [0.5, 0.6) is 11.5 Å². The van der Waals surface area contributed by atoms with Gasteiger partial charge in [-0.05, 0) is 31.2 Å². The van der Waals surface area contributed by atoms with Crippen molar-refractivity contribution in [1.29, 1.82) is 0 Å². The molecule has 1 aromatic heterocycles. The summed E-state index contributed by atoms with van der Waals surface area (Å²) >= 11 is 0. The van der Waals surface area contributed by atoms with Crippen molar-refractivity contribution in [2.75, 3.05) is 14.2 Å². The highest BCUT2D eigenvalue weighted by Gasteiger charge is 2.19. The number of carboxylic acid groups (broad SMARTS) is 1. The Labute approximate surface area is 139 Å². The van der Waals surface area contributed by atoms with Crippen LogP contribution in [0.3, 0.4) is 0 Å². The second kappa shape index (κ2) is 7.49. The Balaban J connectivity index is 2.20. The molecule has 0 saturated carbocycles. The Hall–Kier alpha value is -3.03. The molecule has 0 aliphatic carbocycles. The number of rotatable bonds is 7. The van der Waals surface area contributed by atoms with E-state index in [4.69, 9.17) is 14.6 Å². The lowest BCUT2D eigenvalue weighted by atomic mass is 10.1. The van der Waals surface area contributed by atoms with Crippen LogP contribution in [0.2, 0.25) is 0 Å². The van der Waals surface area contributed by atoms with E-state index in [9.17, 15) is 9.59 Å². The molecule has 0 radical (unpaired) electrons. The number of hydrogen-bond donors (Lipinski definition) is 2. The van der Waals surface area contributed by atoms with Crippen LogP contribution in [0, 0.1) is 0 Å². The number of aromatic nitrogens is 2. The normalized spacial score (nSPS) is 11.6. The zero-order valence-electron chi connectivity index (χ0n) is 13.6. The fourth-order valence-electron chi connectivity index (χ4n) is 2.31. The molecular weight excluding hydrogens is 314 g/mol. The van der Waals surface area contributed by atoms with E-state index in [-0.39, 0.29) is 18.3 Å². The molecule has 1 aromatic carbocycles. The van der Waals surface area contributed by atoms with Crippen molar-refractivity contribution in [2.45, 2.75) is 19.5 Å². The van der Waals surface area contributed by atoms with E-state index in [0.717, 1.165) is 10.2 Å². The maximum atomic E-state index is 12.4. The molecule has 0 saturated heterocycles. The van der Waals surface area contributed by atoms with E-state index in [1.165, 1.54) is 12.3 Å². The van der Waals surface area contributed by atoms with E-state index < -0.39 is 11.9 Å². The standard InChI is InChI=1S/C16H19N3O5/c1-10(12-8-11(23-2)4-5-14(12)24-3)18-16(22)13-6-7-17-19(13)9-15(20)21/h4-8,10H,9H2,1-3H3,(H,18,22)(H,20,21). The Morgan fingerprint density at radius 2 is 2.04 bits per heavy atom. The molecule has 1 amide bonds. The molecule has 24 heavy (non-hydrogen) atoms. The first-order chi connectivity index (χ1) is 11.5. The number of nitrogens with zero attached hydrogens (tertiary/aromatic N) is 2. The summed E-state index contributed by atoms with van der Waals surface area (Å²) in [4.78, 5) is 23.2.